The minimum Gasteiger partial charge on any atom is -0.491 e. The van der Waals surface area contributed by atoms with E-state index >= 15 is 0 Å². The van der Waals surface area contributed by atoms with Crippen molar-refractivity contribution < 1.29 is 19.0 Å². The van der Waals surface area contributed by atoms with Gasteiger partial charge >= 0.3 is 5.97 Å². The number of esters is 1. The molecule has 3 aromatic carbocycles. The number of pyridine rings is 1. The lowest BCUT2D eigenvalue weighted by Crippen LogP contribution is -2.37. The van der Waals surface area contributed by atoms with Crippen LogP contribution in [0, 0.1) is 0 Å². The number of carbonyl (C=O) groups is 1. The molecular weight excluding hydrogens is 476 g/mol. The predicted octanol–water partition coefficient (Wildman–Crippen LogP) is 6.20. The van der Waals surface area contributed by atoms with Gasteiger partial charge in [-0.3, -0.25) is 14.7 Å². The molecule has 38 heavy (non-hydrogen) atoms. The molecule has 198 valence electrons. The Balaban J connectivity index is 1.29. The Kier molecular flexibility index (Phi) is 8.84. The quantitative estimate of drug-likeness (QED) is 0.136. The zero-order chi connectivity index (χ0) is 26.2. The van der Waals surface area contributed by atoms with E-state index in [9.17, 15) is 4.79 Å². The number of hydrogen-bond acceptors (Lipinski definition) is 6. The highest BCUT2D eigenvalue weighted by atomic mass is 16.5. The third kappa shape index (κ3) is 6.88. The highest BCUT2D eigenvalue weighted by Crippen LogP contribution is 2.36. The van der Waals surface area contributed by atoms with Crippen LogP contribution in [0.4, 0.5) is 0 Å². The lowest BCUT2D eigenvalue weighted by atomic mass is 10.1. The molecule has 0 saturated carbocycles. The van der Waals surface area contributed by atoms with Crippen molar-refractivity contribution in [2.45, 2.75) is 45.1 Å². The normalized spacial score (nSPS) is 15.0. The summed E-state index contributed by atoms with van der Waals surface area (Å²) in [5, 5.41) is 2.86. The van der Waals surface area contributed by atoms with Crippen molar-refractivity contribution in [3.05, 3.63) is 78.5 Å². The van der Waals surface area contributed by atoms with Gasteiger partial charge in [-0.25, -0.2) is 0 Å². The van der Waals surface area contributed by atoms with Crippen LogP contribution in [-0.2, 0) is 16.0 Å². The first kappa shape index (κ1) is 26.1. The van der Waals surface area contributed by atoms with E-state index in [1.54, 1.807) is 0 Å². The van der Waals surface area contributed by atoms with E-state index in [1.165, 1.54) is 5.56 Å². The third-order valence-electron chi connectivity index (χ3n) is 7.07. The molecule has 0 amide bonds. The summed E-state index contributed by atoms with van der Waals surface area (Å²) < 4.78 is 17.7. The molecule has 1 aliphatic rings. The Hall–Kier alpha value is -3.48. The van der Waals surface area contributed by atoms with Crippen LogP contribution in [0.1, 0.15) is 38.2 Å². The molecule has 4 aromatic rings. The first-order valence-electron chi connectivity index (χ1n) is 13.7. The summed E-state index contributed by atoms with van der Waals surface area (Å²) in [4.78, 5) is 19.9. The molecule has 0 N–H and O–H groups in total. The maximum atomic E-state index is 12.9. The summed E-state index contributed by atoms with van der Waals surface area (Å²) >= 11 is 0. The van der Waals surface area contributed by atoms with Gasteiger partial charge in [-0.1, -0.05) is 54.6 Å². The number of carbonyl (C=O) groups excluding carboxylic acids is 1. The van der Waals surface area contributed by atoms with Gasteiger partial charge in [0.25, 0.3) is 0 Å². The number of hydrogen-bond donors (Lipinski definition) is 0. The van der Waals surface area contributed by atoms with Crippen LogP contribution in [0.15, 0.2) is 72.9 Å². The van der Waals surface area contributed by atoms with Crippen molar-refractivity contribution in [1.29, 1.82) is 0 Å². The Morgan fingerprint density at radius 1 is 1.03 bits per heavy atom. The van der Waals surface area contributed by atoms with Gasteiger partial charge in [0.2, 0.25) is 0 Å². The van der Waals surface area contributed by atoms with Gasteiger partial charge in [0.05, 0.1) is 30.2 Å². The summed E-state index contributed by atoms with van der Waals surface area (Å²) in [7, 11) is 0. The topological polar surface area (TPSA) is 60.9 Å². The number of rotatable bonds is 11. The lowest BCUT2D eigenvalue weighted by Gasteiger charge is -2.26. The van der Waals surface area contributed by atoms with E-state index < -0.39 is 0 Å². The van der Waals surface area contributed by atoms with Crippen LogP contribution in [0.2, 0.25) is 0 Å². The molecule has 0 aliphatic carbocycles. The lowest BCUT2D eigenvalue weighted by molar-refractivity contribution is -0.134. The molecule has 1 saturated heterocycles. The fourth-order valence-corrected chi connectivity index (χ4v) is 5.05. The molecule has 0 bridgehead atoms. The van der Waals surface area contributed by atoms with E-state index in [4.69, 9.17) is 14.2 Å². The molecule has 5 rings (SSSR count). The largest absolute Gasteiger partial charge is 0.491 e. The number of benzene rings is 3. The van der Waals surface area contributed by atoms with Crippen LogP contribution in [0.5, 0.6) is 11.5 Å². The smallest absolute Gasteiger partial charge is 0.311 e. The van der Waals surface area contributed by atoms with E-state index in [0.29, 0.717) is 17.9 Å². The molecular formula is C32H36N2O4. The molecule has 1 aromatic heterocycles. The molecule has 1 fully saturated rings. The maximum absolute atomic E-state index is 12.9. The van der Waals surface area contributed by atoms with Gasteiger partial charge < -0.3 is 14.2 Å². The number of fused-ring (bicyclic) bond motifs is 3. The fourth-order valence-electron chi connectivity index (χ4n) is 5.05. The zero-order valence-electron chi connectivity index (χ0n) is 22.1. The van der Waals surface area contributed by atoms with Crippen LogP contribution in [0.3, 0.4) is 0 Å². The number of aryl methyl sites for hydroxylation is 1. The van der Waals surface area contributed by atoms with E-state index in [2.05, 4.69) is 41.1 Å². The minimum atomic E-state index is -0.236. The summed E-state index contributed by atoms with van der Waals surface area (Å²) in [6.07, 6.45) is 5.98. The molecule has 0 spiro atoms. The maximum Gasteiger partial charge on any atom is 0.311 e. The van der Waals surface area contributed by atoms with E-state index in [1.807, 2.05) is 48.7 Å². The molecule has 0 radical (unpaired) electrons. The SMILES string of the molecule is CC(CCCc1ccccc1)Oc1cc(OC(=O)CCCN2CCOCC2)c2c(c1)ncc1ccccc12. The van der Waals surface area contributed by atoms with Crippen molar-refractivity contribution >= 4 is 27.6 Å². The van der Waals surface area contributed by atoms with E-state index in [0.717, 1.165) is 80.2 Å². The molecule has 1 atom stereocenters. The van der Waals surface area contributed by atoms with Crippen LogP contribution < -0.4 is 9.47 Å². The van der Waals surface area contributed by atoms with Crippen LogP contribution in [-0.4, -0.2) is 54.8 Å². The number of ether oxygens (including phenoxy) is 3. The van der Waals surface area contributed by atoms with Gasteiger partial charge in [-0.15, -0.1) is 0 Å². The molecule has 1 unspecified atom stereocenters. The van der Waals surface area contributed by atoms with Gasteiger partial charge in [0.1, 0.15) is 11.5 Å². The van der Waals surface area contributed by atoms with Crippen molar-refractivity contribution in [2.24, 2.45) is 0 Å². The van der Waals surface area contributed by atoms with Crippen LogP contribution in [0.25, 0.3) is 21.7 Å². The average molecular weight is 513 g/mol. The summed E-state index contributed by atoms with van der Waals surface area (Å²) in [6, 6.07) is 22.4. The second-order valence-corrected chi connectivity index (χ2v) is 10.00. The fraction of sp³-hybridized carbons (Fsp3) is 0.375. The summed E-state index contributed by atoms with van der Waals surface area (Å²) in [5.74, 6) is 0.943. The summed E-state index contributed by atoms with van der Waals surface area (Å²) in [5.41, 5.74) is 2.10. The average Bonchev–Trinajstić information content (AvgIpc) is 2.94. The minimum absolute atomic E-state index is 0.0219. The number of nitrogens with zero attached hydrogens (tertiary/aromatic N) is 2. The van der Waals surface area contributed by atoms with Gasteiger partial charge in [-0.05, 0) is 50.1 Å². The Bertz CT molecular complexity index is 1350. The molecule has 6 heteroatoms. The second kappa shape index (κ2) is 12.9. The first-order chi connectivity index (χ1) is 18.7. The standard InChI is InChI=1S/C32H36N2O4/c1-24(9-7-12-25-10-3-2-4-11-25)37-27-21-29-32(28-14-6-5-13-26(28)23-33-29)30(22-27)38-31(35)15-8-16-34-17-19-36-20-18-34/h2-6,10-11,13-14,21-24H,7-9,12,15-20H2,1H3. The molecule has 1 aliphatic heterocycles. The number of aromatic nitrogens is 1. The zero-order valence-corrected chi connectivity index (χ0v) is 22.1. The van der Waals surface area contributed by atoms with Crippen molar-refractivity contribution in [1.82, 2.24) is 9.88 Å². The Labute approximate surface area is 224 Å². The highest BCUT2D eigenvalue weighted by Gasteiger charge is 2.17. The third-order valence-corrected chi connectivity index (χ3v) is 7.07. The second-order valence-electron chi connectivity index (χ2n) is 10.00. The monoisotopic (exact) mass is 512 g/mol. The first-order valence-corrected chi connectivity index (χ1v) is 13.7. The van der Waals surface area contributed by atoms with Gasteiger partial charge in [0.15, 0.2) is 0 Å². The summed E-state index contributed by atoms with van der Waals surface area (Å²) in [6.45, 7) is 6.30. The van der Waals surface area contributed by atoms with Crippen molar-refractivity contribution in [3.8, 4) is 11.5 Å². The van der Waals surface area contributed by atoms with Crippen molar-refractivity contribution in [2.75, 3.05) is 32.8 Å². The molecule has 6 nitrogen and oxygen atoms in total. The molecule has 2 heterocycles. The highest BCUT2D eigenvalue weighted by molar-refractivity contribution is 6.09. The Morgan fingerprint density at radius 2 is 1.82 bits per heavy atom. The van der Waals surface area contributed by atoms with Crippen LogP contribution >= 0.6 is 0 Å². The van der Waals surface area contributed by atoms with E-state index in [-0.39, 0.29) is 12.1 Å². The predicted molar refractivity (Wildman–Crippen MR) is 151 cm³/mol. The Morgan fingerprint density at radius 3 is 2.66 bits per heavy atom. The van der Waals surface area contributed by atoms with Gasteiger partial charge in [-0.2, -0.15) is 0 Å². The number of morpholine rings is 1. The van der Waals surface area contributed by atoms with Gasteiger partial charge in [0, 0.05) is 43.2 Å². The van der Waals surface area contributed by atoms with Crippen molar-refractivity contribution in [3.63, 3.8) is 0 Å².